The van der Waals surface area contributed by atoms with Crippen molar-refractivity contribution < 1.29 is 0 Å². The lowest BCUT2D eigenvalue weighted by molar-refractivity contribution is -0.0743. The van der Waals surface area contributed by atoms with Crippen LogP contribution in [-0.4, -0.2) is 60.2 Å². The number of hydrogen-bond donors (Lipinski definition) is 0. The van der Waals surface area contributed by atoms with Gasteiger partial charge in [-0.1, -0.05) is 0 Å². The fourth-order valence-corrected chi connectivity index (χ4v) is 2.65. The molecule has 2 atom stereocenters. The highest BCUT2D eigenvalue weighted by Crippen LogP contribution is 2.18. The third-order valence-corrected chi connectivity index (χ3v) is 3.13. The highest BCUT2D eigenvalue weighted by atomic mass is 15.6. The maximum absolute atomic E-state index is 2.61. The molecule has 0 spiro atoms. The molecular formula is C11H25N3. The summed E-state index contributed by atoms with van der Waals surface area (Å²) in [6.07, 6.45) is 0. The Hall–Kier alpha value is -0.120. The van der Waals surface area contributed by atoms with Crippen LogP contribution in [0.4, 0.5) is 0 Å². The van der Waals surface area contributed by atoms with E-state index in [9.17, 15) is 0 Å². The molecule has 0 bridgehead atoms. The van der Waals surface area contributed by atoms with Crippen LogP contribution in [0, 0.1) is 0 Å². The van der Waals surface area contributed by atoms with Crippen LogP contribution in [0.25, 0.3) is 0 Å². The van der Waals surface area contributed by atoms with Gasteiger partial charge in [-0.3, -0.25) is 4.90 Å². The molecule has 14 heavy (non-hydrogen) atoms. The van der Waals surface area contributed by atoms with Crippen molar-refractivity contribution in [3.8, 4) is 0 Å². The van der Waals surface area contributed by atoms with Gasteiger partial charge in [0.05, 0.1) is 0 Å². The van der Waals surface area contributed by atoms with Gasteiger partial charge in [0.15, 0.2) is 0 Å². The predicted octanol–water partition coefficient (Wildman–Crippen LogP) is 1.27. The van der Waals surface area contributed by atoms with Crippen LogP contribution in [0.1, 0.15) is 27.7 Å². The molecule has 1 rings (SSSR count). The normalized spacial score (nSPS) is 31.7. The van der Waals surface area contributed by atoms with E-state index in [2.05, 4.69) is 56.7 Å². The number of nitrogens with zero attached hydrogens (tertiary/aromatic N) is 3. The number of hydrazine groups is 1. The van der Waals surface area contributed by atoms with Gasteiger partial charge in [0.1, 0.15) is 0 Å². The standard InChI is InChI=1S/C11H25N3/c1-9(2)14-10(3)7-13(12(5)6)8-11(14)4/h9-11H,7-8H2,1-6H3. The summed E-state index contributed by atoms with van der Waals surface area (Å²) in [6, 6.07) is 1.96. The first-order valence-corrected chi connectivity index (χ1v) is 5.63. The first kappa shape index (κ1) is 12.0. The van der Waals surface area contributed by atoms with Gasteiger partial charge in [-0.05, 0) is 27.7 Å². The summed E-state index contributed by atoms with van der Waals surface area (Å²) >= 11 is 0. The molecule has 1 aliphatic rings. The molecule has 0 radical (unpaired) electrons. The van der Waals surface area contributed by atoms with Gasteiger partial charge in [0, 0.05) is 45.3 Å². The largest absolute Gasteiger partial charge is 0.293 e. The van der Waals surface area contributed by atoms with Crippen LogP contribution in [0.2, 0.25) is 0 Å². The van der Waals surface area contributed by atoms with E-state index in [4.69, 9.17) is 0 Å². The third-order valence-electron chi connectivity index (χ3n) is 3.13. The van der Waals surface area contributed by atoms with Crippen molar-refractivity contribution in [3.05, 3.63) is 0 Å². The zero-order valence-electron chi connectivity index (χ0n) is 10.5. The van der Waals surface area contributed by atoms with Gasteiger partial charge in [0.25, 0.3) is 0 Å². The molecule has 1 saturated heterocycles. The average molecular weight is 199 g/mol. The van der Waals surface area contributed by atoms with Gasteiger partial charge >= 0.3 is 0 Å². The molecule has 3 heteroatoms. The van der Waals surface area contributed by atoms with E-state index in [0.29, 0.717) is 18.1 Å². The van der Waals surface area contributed by atoms with E-state index in [-0.39, 0.29) is 0 Å². The summed E-state index contributed by atoms with van der Waals surface area (Å²) in [5.41, 5.74) is 0. The molecule has 2 unspecified atom stereocenters. The van der Waals surface area contributed by atoms with Gasteiger partial charge in [0.2, 0.25) is 0 Å². The fraction of sp³-hybridized carbons (Fsp3) is 1.00. The molecule has 3 nitrogen and oxygen atoms in total. The van der Waals surface area contributed by atoms with E-state index in [1.54, 1.807) is 0 Å². The van der Waals surface area contributed by atoms with Crippen LogP contribution in [0.3, 0.4) is 0 Å². The average Bonchev–Trinajstić information content (AvgIpc) is 2.01. The lowest BCUT2D eigenvalue weighted by Crippen LogP contribution is -2.61. The smallest absolute Gasteiger partial charge is 0.0287 e. The maximum Gasteiger partial charge on any atom is 0.0287 e. The predicted molar refractivity (Wildman–Crippen MR) is 61.2 cm³/mol. The van der Waals surface area contributed by atoms with Crippen molar-refractivity contribution in [2.24, 2.45) is 0 Å². The summed E-state index contributed by atoms with van der Waals surface area (Å²) in [7, 11) is 4.26. The second kappa shape index (κ2) is 4.60. The van der Waals surface area contributed by atoms with Gasteiger partial charge in [-0.15, -0.1) is 0 Å². The molecule has 0 aromatic heterocycles. The van der Waals surface area contributed by atoms with E-state index in [0.717, 1.165) is 13.1 Å². The molecule has 1 fully saturated rings. The Morgan fingerprint density at radius 2 is 1.50 bits per heavy atom. The van der Waals surface area contributed by atoms with E-state index >= 15 is 0 Å². The number of piperazine rings is 1. The highest BCUT2D eigenvalue weighted by Gasteiger charge is 2.31. The Balaban J connectivity index is 2.63. The summed E-state index contributed by atoms with van der Waals surface area (Å²) in [5.74, 6) is 0. The zero-order valence-corrected chi connectivity index (χ0v) is 10.5. The summed E-state index contributed by atoms with van der Waals surface area (Å²) in [4.78, 5) is 2.61. The summed E-state index contributed by atoms with van der Waals surface area (Å²) in [6.45, 7) is 11.5. The van der Waals surface area contributed by atoms with Crippen LogP contribution < -0.4 is 0 Å². The Morgan fingerprint density at radius 3 is 1.79 bits per heavy atom. The summed E-state index contributed by atoms with van der Waals surface area (Å²) < 4.78 is 0. The molecule has 0 saturated carbocycles. The molecule has 0 aromatic carbocycles. The highest BCUT2D eigenvalue weighted by molar-refractivity contribution is 4.85. The van der Waals surface area contributed by atoms with Crippen molar-refractivity contribution in [1.82, 2.24) is 14.9 Å². The second-order valence-corrected chi connectivity index (χ2v) is 4.96. The van der Waals surface area contributed by atoms with Gasteiger partial charge < -0.3 is 0 Å². The molecule has 0 aliphatic carbocycles. The van der Waals surface area contributed by atoms with Crippen molar-refractivity contribution in [1.29, 1.82) is 0 Å². The minimum atomic E-state index is 0.654. The molecule has 0 aromatic rings. The molecule has 0 N–H and O–H groups in total. The minimum absolute atomic E-state index is 0.654. The van der Waals surface area contributed by atoms with Crippen LogP contribution in [0.5, 0.6) is 0 Å². The second-order valence-electron chi connectivity index (χ2n) is 4.96. The molecule has 1 heterocycles. The van der Waals surface area contributed by atoms with Crippen LogP contribution >= 0.6 is 0 Å². The first-order valence-electron chi connectivity index (χ1n) is 5.63. The Kier molecular flexibility index (Phi) is 3.93. The lowest BCUT2D eigenvalue weighted by Gasteiger charge is -2.48. The van der Waals surface area contributed by atoms with Crippen molar-refractivity contribution in [3.63, 3.8) is 0 Å². The quantitative estimate of drug-likeness (QED) is 0.663. The topological polar surface area (TPSA) is 9.72 Å². The maximum atomic E-state index is 2.61. The molecule has 84 valence electrons. The van der Waals surface area contributed by atoms with Crippen LogP contribution in [0.15, 0.2) is 0 Å². The van der Waals surface area contributed by atoms with E-state index < -0.39 is 0 Å². The van der Waals surface area contributed by atoms with Crippen molar-refractivity contribution in [2.75, 3.05) is 27.2 Å². The van der Waals surface area contributed by atoms with Gasteiger partial charge in [-0.25, -0.2) is 10.0 Å². The zero-order chi connectivity index (χ0) is 10.9. The Labute approximate surface area is 88.6 Å². The molecular weight excluding hydrogens is 174 g/mol. The first-order chi connectivity index (χ1) is 6.43. The third kappa shape index (κ3) is 2.47. The van der Waals surface area contributed by atoms with Crippen molar-refractivity contribution in [2.45, 2.75) is 45.8 Å². The summed E-state index contributed by atoms with van der Waals surface area (Å²) in [5, 5.41) is 4.64. The van der Waals surface area contributed by atoms with E-state index in [1.165, 1.54) is 0 Å². The fourth-order valence-electron chi connectivity index (χ4n) is 2.65. The van der Waals surface area contributed by atoms with Crippen LogP contribution in [-0.2, 0) is 0 Å². The molecule has 1 aliphatic heterocycles. The van der Waals surface area contributed by atoms with E-state index in [1.807, 2.05) is 0 Å². The molecule has 0 amide bonds. The SMILES string of the molecule is CC(C)N1C(C)CN(N(C)C)CC1C. The van der Waals surface area contributed by atoms with Gasteiger partial charge in [-0.2, -0.15) is 0 Å². The Bertz CT molecular complexity index is 167. The minimum Gasteiger partial charge on any atom is -0.293 e. The number of hydrogen-bond acceptors (Lipinski definition) is 3. The number of rotatable bonds is 2. The Morgan fingerprint density at radius 1 is 1.07 bits per heavy atom. The monoisotopic (exact) mass is 199 g/mol. The van der Waals surface area contributed by atoms with Crippen molar-refractivity contribution >= 4 is 0 Å². The lowest BCUT2D eigenvalue weighted by atomic mass is 10.1.